The second kappa shape index (κ2) is 8.51. The van der Waals surface area contributed by atoms with Crippen LogP contribution >= 0.6 is 0 Å². The molecule has 4 nitrogen and oxygen atoms in total. The smallest absolute Gasteiger partial charge is 0.106 e. The molecule has 0 saturated carbocycles. The van der Waals surface area contributed by atoms with Gasteiger partial charge in [-0.05, 0) is 27.2 Å². The van der Waals surface area contributed by atoms with E-state index in [0.717, 1.165) is 13.0 Å². The summed E-state index contributed by atoms with van der Waals surface area (Å²) in [5, 5.41) is 12.3. The lowest BCUT2D eigenvalue weighted by atomic mass is 9.99. The topological polar surface area (TPSA) is 54.3 Å². The van der Waals surface area contributed by atoms with Gasteiger partial charge in [-0.15, -0.1) is 0 Å². The normalized spacial score (nSPS) is 14.8. The van der Waals surface area contributed by atoms with Crippen molar-refractivity contribution in [1.82, 2.24) is 5.32 Å². The van der Waals surface area contributed by atoms with E-state index in [2.05, 4.69) is 11.4 Å². The Hall–Kier alpha value is -0.630. The van der Waals surface area contributed by atoms with Crippen LogP contribution in [0.5, 0.6) is 0 Å². The molecule has 1 unspecified atom stereocenters. The Morgan fingerprint density at radius 1 is 1.31 bits per heavy atom. The first-order valence-corrected chi connectivity index (χ1v) is 5.79. The van der Waals surface area contributed by atoms with Gasteiger partial charge >= 0.3 is 0 Å². The molecule has 0 rings (SSSR count). The van der Waals surface area contributed by atoms with Crippen molar-refractivity contribution in [2.75, 3.05) is 26.9 Å². The van der Waals surface area contributed by atoms with Gasteiger partial charge in [0.1, 0.15) is 5.54 Å². The van der Waals surface area contributed by atoms with Crippen LogP contribution in [0.25, 0.3) is 0 Å². The van der Waals surface area contributed by atoms with E-state index in [1.165, 1.54) is 0 Å². The molecule has 0 aliphatic carbocycles. The van der Waals surface area contributed by atoms with Crippen molar-refractivity contribution >= 4 is 0 Å². The summed E-state index contributed by atoms with van der Waals surface area (Å²) in [6.07, 6.45) is 1.60. The molecule has 0 saturated heterocycles. The molecule has 0 bridgehead atoms. The van der Waals surface area contributed by atoms with Crippen molar-refractivity contribution in [3.05, 3.63) is 0 Å². The molecule has 0 aromatic rings. The average molecular weight is 228 g/mol. The molecule has 0 aromatic heterocycles. The third-order valence-corrected chi connectivity index (χ3v) is 2.24. The van der Waals surface area contributed by atoms with Crippen molar-refractivity contribution in [3.8, 4) is 6.07 Å². The highest BCUT2D eigenvalue weighted by Crippen LogP contribution is 2.09. The Labute approximate surface area is 98.9 Å². The van der Waals surface area contributed by atoms with Crippen LogP contribution in [0, 0.1) is 11.3 Å². The molecule has 4 heteroatoms. The molecule has 0 amide bonds. The summed E-state index contributed by atoms with van der Waals surface area (Å²) in [4.78, 5) is 0. The summed E-state index contributed by atoms with van der Waals surface area (Å²) in [6.45, 7) is 8.00. The summed E-state index contributed by atoms with van der Waals surface area (Å²) in [6, 6.07) is 2.60. The number of nitrogens with one attached hydrogen (secondary N) is 1. The van der Waals surface area contributed by atoms with Crippen LogP contribution in [-0.4, -0.2) is 38.5 Å². The zero-order chi connectivity index (χ0) is 12.4. The van der Waals surface area contributed by atoms with Crippen molar-refractivity contribution < 1.29 is 9.47 Å². The Bertz CT molecular complexity index is 214. The van der Waals surface area contributed by atoms with Gasteiger partial charge in [0.2, 0.25) is 0 Å². The van der Waals surface area contributed by atoms with E-state index in [-0.39, 0.29) is 0 Å². The number of rotatable bonds is 9. The van der Waals surface area contributed by atoms with E-state index >= 15 is 0 Å². The standard InChI is InChI=1S/C12H24N2O2/c1-11(2)14-12(3,10-13)6-9-16-8-5-7-15-4/h11,14H,5-9H2,1-4H3. The van der Waals surface area contributed by atoms with Gasteiger partial charge in [-0.1, -0.05) is 0 Å². The molecule has 1 atom stereocenters. The van der Waals surface area contributed by atoms with Gasteiger partial charge in [-0.2, -0.15) is 5.26 Å². The van der Waals surface area contributed by atoms with Gasteiger partial charge in [0.25, 0.3) is 0 Å². The number of nitriles is 1. The minimum atomic E-state index is -0.491. The number of hydrogen-bond acceptors (Lipinski definition) is 4. The Morgan fingerprint density at radius 3 is 2.50 bits per heavy atom. The summed E-state index contributed by atoms with van der Waals surface area (Å²) in [7, 11) is 1.68. The van der Waals surface area contributed by atoms with Gasteiger partial charge in [0, 0.05) is 39.4 Å². The van der Waals surface area contributed by atoms with Crippen LogP contribution in [0.15, 0.2) is 0 Å². The number of hydrogen-bond donors (Lipinski definition) is 1. The Morgan fingerprint density at radius 2 is 2.00 bits per heavy atom. The molecule has 16 heavy (non-hydrogen) atoms. The Balaban J connectivity index is 3.67. The minimum Gasteiger partial charge on any atom is -0.385 e. The van der Waals surface area contributed by atoms with E-state index in [9.17, 15) is 0 Å². The van der Waals surface area contributed by atoms with Crippen LogP contribution in [0.1, 0.15) is 33.6 Å². The van der Waals surface area contributed by atoms with E-state index in [1.807, 2.05) is 20.8 Å². The van der Waals surface area contributed by atoms with E-state index in [0.29, 0.717) is 25.7 Å². The minimum absolute atomic E-state index is 0.304. The molecule has 0 aliphatic rings. The lowest BCUT2D eigenvalue weighted by Crippen LogP contribution is -2.45. The fraction of sp³-hybridized carbons (Fsp3) is 0.917. The second-order valence-corrected chi connectivity index (χ2v) is 4.45. The number of methoxy groups -OCH3 is 1. The van der Waals surface area contributed by atoms with E-state index < -0.39 is 5.54 Å². The molecular formula is C12H24N2O2. The zero-order valence-electron chi connectivity index (χ0n) is 10.9. The third-order valence-electron chi connectivity index (χ3n) is 2.24. The molecule has 0 heterocycles. The molecule has 0 radical (unpaired) electrons. The zero-order valence-corrected chi connectivity index (χ0v) is 10.9. The first kappa shape index (κ1) is 15.4. The van der Waals surface area contributed by atoms with Gasteiger partial charge in [0.05, 0.1) is 6.07 Å². The van der Waals surface area contributed by atoms with Crippen LogP contribution in [-0.2, 0) is 9.47 Å². The number of nitrogens with zero attached hydrogens (tertiary/aromatic N) is 1. The molecule has 0 fully saturated rings. The lowest BCUT2D eigenvalue weighted by molar-refractivity contribution is 0.0920. The van der Waals surface area contributed by atoms with Crippen LogP contribution in [0.4, 0.5) is 0 Å². The average Bonchev–Trinajstić information content (AvgIpc) is 2.22. The molecule has 0 aromatic carbocycles. The fourth-order valence-corrected chi connectivity index (χ4v) is 1.48. The molecular weight excluding hydrogens is 204 g/mol. The first-order valence-electron chi connectivity index (χ1n) is 5.79. The lowest BCUT2D eigenvalue weighted by Gasteiger charge is -2.25. The maximum Gasteiger partial charge on any atom is 0.106 e. The highest BCUT2D eigenvalue weighted by molar-refractivity contribution is 5.04. The molecule has 1 N–H and O–H groups in total. The second-order valence-electron chi connectivity index (χ2n) is 4.45. The highest BCUT2D eigenvalue weighted by atomic mass is 16.5. The molecule has 94 valence electrons. The SMILES string of the molecule is COCCCOCCC(C)(C#N)NC(C)C. The van der Waals surface area contributed by atoms with Gasteiger partial charge in [0.15, 0.2) is 0 Å². The predicted octanol–water partition coefficient (Wildman–Crippen LogP) is 1.71. The van der Waals surface area contributed by atoms with Crippen LogP contribution in [0.3, 0.4) is 0 Å². The number of ether oxygens (including phenoxy) is 2. The molecule has 0 aliphatic heterocycles. The van der Waals surface area contributed by atoms with Crippen LogP contribution < -0.4 is 5.32 Å². The third kappa shape index (κ3) is 7.63. The monoisotopic (exact) mass is 228 g/mol. The first-order chi connectivity index (χ1) is 7.54. The van der Waals surface area contributed by atoms with Crippen molar-refractivity contribution in [3.63, 3.8) is 0 Å². The van der Waals surface area contributed by atoms with Crippen molar-refractivity contribution in [2.45, 2.75) is 45.2 Å². The summed E-state index contributed by atoms with van der Waals surface area (Å²) in [5.41, 5.74) is -0.491. The van der Waals surface area contributed by atoms with Crippen molar-refractivity contribution in [2.24, 2.45) is 0 Å². The quantitative estimate of drug-likeness (QED) is 0.610. The van der Waals surface area contributed by atoms with Gasteiger partial charge < -0.3 is 9.47 Å². The van der Waals surface area contributed by atoms with Crippen LogP contribution in [0.2, 0.25) is 0 Å². The Kier molecular flexibility index (Phi) is 8.18. The maximum atomic E-state index is 9.09. The van der Waals surface area contributed by atoms with Gasteiger partial charge in [-0.25, -0.2) is 0 Å². The largest absolute Gasteiger partial charge is 0.385 e. The summed E-state index contributed by atoms with van der Waals surface area (Å²) >= 11 is 0. The summed E-state index contributed by atoms with van der Waals surface area (Å²) in [5.74, 6) is 0. The maximum absolute atomic E-state index is 9.09. The van der Waals surface area contributed by atoms with E-state index in [4.69, 9.17) is 14.7 Å². The van der Waals surface area contributed by atoms with E-state index in [1.54, 1.807) is 7.11 Å². The highest BCUT2D eigenvalue weighted by Gasteiger charge is 2.23. The molecule has 0 spiro atoms. The van der Waals surface area contributed by atoms with Crippen molar-refractivity contribution in [1.29, 1.82) is 5.26 Å². The fourth-order valence-electron chi connectivity index (χ4n) is 1.48. The summed E-state index contributed by atoms with van der Waals surface area (Å²) < 4.78 is 10.4. The van der Waals surface area contributed by atoms with Gasteiger partial charge in [-0.3, -0.25) is 5.32 Å². The predicted molar refractivity (Wildman–Crippen MR) is 64.2 cm³/mol.